The minimum atomic E-state index is -3.62. The number of hydrogen-bond donors (Lipinski definition) is 1. The highest BCUT2D eigenvalue weighted by Gasteiger charge is 2.62. The predicted molar refractivity (Wildman–Crippen MR) is 93.3 cm³/mol. The van der Waals surface area contributed by atoms with Crippen molar-refractivity contribution in [3.63, 3.8) is 0 Å². The Morgan fingerprint density at radius 3 is 2.23 bits per heavy atom. The fourth-order valence-corrected chi connectivity index (χ4v) is 6.18. The van der Waals surface area contributed by atoms with Crippen LogP contribution in [0, 0.1) is 0 Å². The molecule has 1 aromatic rings. The second kappa shape index (κ2) is 6.11. The summed E-state index contributed by atoms with van der Waals surface area (Å²) in [4.78, 5) is 0. The van der Waals surface area contributed by atoms with Crippen molar-refractivity contribution in [2.45, 2.75) is 69.5 Å². The van der Waals surface area contributed by atoms with Crippen LogP contribution in [0.3, 0.4) is 0 Å². The zero-order valence-corrected chi connectivity index (χ0v) is 16.2. The molecule has 1 aromatic carbocycles. The number of ether oxygens (including phenoxy) is 4. The average Bonchev–Trinajstić information content (AvgIpc) is 3.10. The van der Waals surface area contributed by atoms with Gasteiger partial charge in [-0.05, 0) is 39.8 Å². The maximum atomic E-state index is 13.7. The van der Waals surface area contributed by atoms with Crippen LogP contribution in [-0.2, 0) is 28.0 Å². The molecule has 3 aliphatic heterocycles. The summed E-state index contributed by atoms with van der Waals surface area (Å²) in [6.07, 6.45) is -2.53. The Morgan fingerprint density at radius 2 is 1.62 bits per heavy atom. The Bertz CT molecular complexity index is 720. The van der Waals surface area contributed by atoms with Gasteiger partial charge in [0.25, 0.3) is 7.37 Å². The van der Waals surface area contributed by atoms with E-state index in [0.717, 1.165) is 0 Å². The molecule has 0 radical (unpaired) electrons. The molecule has 1 N–H and O–H groups in total. The molecule has 26 heavy (non-hydrogen) atoms. The lowest BCUT2D eigenvalue weighted by Gasteiger charge is -2.41. The monoisotopic (exact) mass is 384 g/mol. The summed E-state index contributed by atoms with van der Waals surface area (Å²) in [6.45, 7) is 7.44. The molecule has 8 heteroatoms. The van der Waals surface area contributed by atoms with Crippen molar-refractivity contribution in [3.05, 3.63) is 30.3 Å². The minimum Gasteiger partial charge on any atom is -0.380 e. The van der Waals surface area contributed by atoms with Crippen molar-refractivity contribution in [1.82, 2.24) is 0 Å². The van der Waals surface area contributed by atoms with Crippen LogP contribution in [0.25, 0.3) is 0 Å². The third-order valence-electron chi connectivity index (χ3n) is 4.92. The first-order valence-corrected chi connectivity index (χ1v) is 10.5. The maximum absolute atomic E-state index is 13.7. The number of rotatable bonds is 2. The van der Waals surface area contributed by atoms with E-state index in [2.05, 4.69) is 0 Å². The quantitative estimate of drug-likeness (QED) is 0.781. The van der Waals surface area contributed by atoms with E-state index in [0.29, 0.717) is 5.30 Å². The first-order chi connectivity index (χ1) is 12.1. The lowest BCUT2D eigenvalue weighted by molar-refractivity contribution is -0.174. The molecule has 0 spiro atoms. The maximum Gasteiger partial charge on any atom is 0.262 e. The van der Waals surface area contributed by atoms with Crippen molar-refractivity contribution in [1.29, 1.82) is 0 Å². The Hall–Kier alpha value is -0.790. The van der Waals surface area contributed by atoms with Gasteiger partial charge in [-0.2, -0.15) is 0 Å². The Morgan fingerprint density at radius 1 is 0.962 bits per heavy atom. The molecule has 0 amide bonds. The van der Waals surface area contributed by atoms with Gasteiger partial charge in [0.2, 0.25) is 0 Å². The van der Waals surface area contributed by atoms with E-state index in [9.17, 15) is 9.67 Å². The van der Waals surface area contributed by atoms with Gasteiger partial charge in [0.05, 0.1) is 6.61 Å². The van der Waals surface area contributed by atoms with Crippen molar-refractivity contribution in [3.8, 4) is 0 Å². The van der Waals surface area contributed by atoms with Gasteiger partial charge < -0.3 is 28.6 Å². The van der Waals surface area contributed by atoms with Gasteiger partial charge in [-0.1, -0.05) is 18.2 Å². The highest BCUT2D eigenvalue weighted by atomic mass is 31.2. The second-order valence-corrected chi connectivity index (χ2v) is 10.3. The molecular formula is C18H25O7P. The van der Waals surface area contributed by atoms with E-state index >= 15 is 0 Å². The molecule has 0 aromatic heterocycles. The van der Waals surface area contributed by atoms with Crippen LogP contribution >= 0.6 is 7.37 Å². The van der Waals surface area contributed by atoms with Gasteiger partial charge >= 0.3 is 0 Å². The van der Waals surface area contributed by atoms with Crippen LogP contribution in [0.1, 0.15) is 27.7 Å². The minimum absolute atomic E-state index is 0.287. The summed E-state index contributed by atoms with van der Waals surface area (Å²) in [5.41, 5.74) is 0. The third kappa shape index (κ3) is 3.06. The largest absolute Gasteiger partial charge is 0.380 e. The van der Waals surface area contributed by atoms with Crippen LogP contribution < -0.4 is 5.30 Å². The molecule has 6 atom stereocenters. The van der Waals surface area contributed by atoms with Crippen molar-refractivity contribution in [2.75, 3.05) is 6.61 Å². The smallest absolute Gasteiger partial charge is 0.262 e. The standard InChI is InChI=1S/C18H25O7P/c1-17(2)21-10-12(22-17)13-14-15(24-18(3,4)23-14)16(19)26(20,25-13)11-8-6-5-7-9-11/h5-9,12-16,19H,10H2,1-4H3/t12-,13+,14+,15+,16?,26?/m1/s1. The van der Waals surface area contributed by atoms with Gasteiger partial charge in [-0.25, -0.2) is 0 Å². The number of aliphatic hydroxyl groups excluding tert-OH is 1. The molecule has 144 valence electrons. The summed E-state index contributed by atoms with van der Waals surface area (Å²) in [7, 11) is -3.62. The zero-order valence-electron chi connectivity index (χ0n) is 15.3. The number of benzene rings is 1. The van der Waals surface area contributed by atoms with Crippen LogP contribution in [0.2, 0.25) is 0 Å². The predicted octanol–water partition coefficient (Wildman–Crippen LogP) is 1.98. The summed E-state index contributed by atoms with van der Waals surface area (Å²) in [6, 6.07) is 8.73. The molecule has 7 nitrogen and oxygen atoms in total. The Balaban J connectivity index is 1.72. The van der Waals surface area contributed by atoms with Gasteiger partial charge in [0.1, 0.15) is 24.4 Å². The van der Waals surface area contributed by atoms with Gasteiger partial charge in [-0.3, -0.25) is 4.57 Å². The van der Waals surface area contributed by atoms with Crippen molar-refractivity contribution >= 4 is 12.7 Å². The van der Waals surface area contributed by atoms with Crippen LogP contribution in [0.4, 0.5) is 0 Å². The zero-order chi connectivity index (χ0) is 18.7. The van der Waals surface area contributed by atoms with Gasteiger partial charge in [0, 0.05) is 5.30 Å². The fraction of sp³-hybridized carbons (Fsp3) is 0.667. The number of fused-ring (bicyclic) bond motifs is 1. The summed E-state index contributed by atoms with van der Waals surface area (Å²) in [5.74, 6) is -2.99. The average molecular weight is 384 g/mol. The Labute approximate surface area is 153 Å². The highest BCUT2D eigenvalue weighted by molar-refractivity contribution is 7.67. The van der Waals surface area contributed by atoms with E-state index < -0.39 is 49.2 Å². The molecule has 3 saturated heterocycles. The SMILES string of the molecule is CC1(C)O[C@H]2[C@H]([C@H]3COC(C)(C)O3)OP(=O)(c3ccccc3)C(O)[C@H]2O1. The molecule has 0 aliphatic carbocycles. The number of hydrogen-bond acceptors (Lipinski definition) is 7. The van der Waals surface area contributed by atoms with E-state index in [1.54, 1.807) is 38.1 Å². The molecule has 4 rings (SSSR count). The molecule has 3 heterocycles. The molecule has 3 fully saturated rings. The fourth-order valence-electron chi connectivity index (χ4n) is 3.80. The highest BCUT2D eigenvalue weighted by Crippen LogP contribution is 2.60. The first-order valence-electron chi connectivity index (χ1n) is 8.81. The van der Waals surface area contributed by atoms with E-state index in [1.165, 1.54) is 0 Å². The molecule has 0 saturated carbocycles. The van der Waals surface area contributed by atoms with Crippen LogP contribution in [0.15, 0.2) is 30.3 Å². The van der Waals surface area contributed by atoms with Gasteiger partial charge in [-0.15, -0.1) is 0 Å². The molecule has 3 aliphatic rings. The molecular weight excluding hydrogens is 359 g/mol. The topological polar surface area (TPSA) is 83.5 Å². The first kappa shape index (κ1) is 18.6. The summed E-state index contributed by atoms with van der Waals surface area (Å²) >= 11 is 0. The van der Waals surface area contributed by atoms with Gasteiger partial charge in [0.15, 0.2) is 17.4 Å². The normalized spacial score (nSPS) is 44.0. The lowest BCUT2D eigenvalue weighted by Crippen LogP contribution is -2.55. The second-order valence-electron chi connectivity index (χ2n) is 7.85. The van der Waals surface area contributed by atoms with E-state index in [-0.39, 0.29) is 6.61 Å². The third-order valence-corrected chi connectivity index (χ3v) is 7.49. The molecule has 0 bridgehead atoms. The van der Waals surface area contributed by atoms with E-state index in [1.807, 2.05) is 19.9 Å². The van der Waals surface area contributed by atoms with Crippen molar-refractivity contribution < 1.29 is 33.1 Å². The van der Waals surface area contributed by atoms with E-state index in [4.69, 9.17) is 23.5 Å². The molecule has 2 unspecified atom stereocenters. The Kier molecular flexibility index (Phi) is 4.36. The summed E-state index contributed by atoms with van der Waals surface area (Å²) in [5, 5.41) is 11.3. The van der Waals surface area contributed by atoms with Crippen molar-refractivity contribution in [2.24, 2.45) is 0 Å². The lowest BCUT2D eigenvalue weighted by atomic mass is 10.0. The van der Waals surface area contributed by atoms with Crippen LogP contribution in [-0.4, -0.2) is 53.5 Å². The van der Waals surface area contributed by atoms with Crippen LogP contribution in [0.5, 0.6) is 0 Å². The summed E-state index contributed by atoms with van der Waals surface area (Å²) < 4.78 is 43.3. The number of aliphatic hydroxyl groups is 1.